The average Bonchev–Trinajstić information content (AvgIpc) is 3.23. The molecule has 1 N–H and O–H groups in total. The number of carbonyl (C=O) groups excluding carboxylic acids is 1. The van der Waals surface area contributed by atoms with E-state index in [1.165, 1.54) is 36.3 Å². The number of hydrogen-bond donors (Lipinski definition) is 1. The molecule has 8 nitrogen and oxygen atoms in total. The van der Waals surface area contributed by atoms with Crippen molar-refractivity contribution in [2.75, 3.05) is 5.32 Å². The van der Waals surface area contributed by atoms with Crippen molar-refractivity contribution < 1.29 is 22.4 Å². The Balaban J connectivity index is 1.60. The largest absolute Gasteiger partial charge is 0.416 e. The summed E-state index contributed by atoms with van der Waals surface area (Å²) in [5, 5.41) is 4.06. The van der Waals surface area contributed by atoms with Crippen LogP contribution >= 0.6 is 11.3 Å². The highest BCUT2D eigenvalue weighted by atomic mass is 32.1. The molecule has 0 aliphatic rings. The topological polar surface area (TPSA) is 98.9 Å². The van der Waals surface area contributed by atoms with Crippen LogP contribution in [0.15, 0.2) is 45.4 Å². The molecule has 0 aliphatic carbocycles. The number of aryl methyl sites for hydroxylation is 1. The van der Waals surface area contributed by atoms with Crippen LogP contribution in [0, 0.1) is 5.82 Å². The van der Waals surface area contributed by atoms with E-state index in [0.29, 0.717) is 11.6 Å². The van der Waals surface area contributed by atoms with Crippen molar-refractivity contribution in [3.63, 3.8) is 0 Å². The van der Waals surface area contributed by atoms with Gasteiger partial charge in [0.1, 0.15) is 5.82 Å². The van der Waals surface area contributed by atoms with Gasteiger partial charge < -0.3 is 5.32 Å². The van der Waals surface area contributed by atoms with Crippen molar-refractivity contribution in [2.24, 2.45) is 14.1 Å². The number of nitrogens with zero attached hydrogens (tertiary/aromatic N) is 4. The number of nitrogens with one attached hydrogen (secondary N) is 1. The van der Waals surface area contributed by atoms with Gasteiger partial charge in [-0.05, 0) is 24.3 Å². The van der Waals surface area contributed by atoms with Crippen molar-refractivity contribution in [3.8, 4) is 11.3 Å². The van der Waals surface area contributed by atoms with E-state index in [2.05, 4.69) is 15.3 Å². The summed E-state index contributed by atoms with van der Waals surface area (Å²) in [6.45, 7) is 0. The third kappa shape index (κ3) is 4.33. The second kappa shape index (κ2) is 8.48. The van der Waals surface area contributed by atoms with Gasteiger partial charge in [-0.15, -0.1) is 11.3 Å². The molecule has 0 atom stereocenters. The third-order valence-electron chi connectivity index (χ3n) is 5.06. The molecule has 4 aromatic rings. The first-order valence-corrected chi connectivity index (χ1v) is 10.5. The fourth-order valence-electron chi connectivity index (χ4n) is 3.40. The highest BCUT2D eigenvalue weighted by Gasteiger charge is 2.31. The fourth-order valence-corrected chi connectivity index (χ4v) is 4.14. The van der Waals surface area contributed by atoms with Gasteiger partial charge >= 0.3 is 11.9 Å². The van der Waals surface area contributed by atoms with Gasteiger partial charge in [-0.25, -0.2) is 14.2 Å². The quantitative estimate of drug-likeness (QED) is 0.441. The number of pyridine rings is 1. The Kier molecular flexibility index (Phi) is 5.81. The van der Waals surface area contributed by atoms with Crippen LogP contribution in [0.4, 0.5) is 22.7 Å². The number of rotatable bonds is 4. The van der Waals surface area contributed by atoms with E-state index in [1.54, 1.807) is 0 Å². The minimum atomic E-state index is -4.73. The molecular weight excluding hydrogens is 478 g/mol. The predicted molar refractivity (Wildman–Crippen MR) is 117 cm³/mol. The Morgan fingerprint density at radius 3 is 2.59 bits per heavy atom. The van der Waals surface area contributed by atoms with Gasteiger partial charge in [0.25, 0.3) is 5.56 Å². The Morgan fingerprint density at radius 1 is 1.15 bits per heavy atom. The molecule has 176 valence electrons. The van der Waals surface area contributed by atoms with Crippen molar-refractivity contribution in [1.82, 2.24) is 19.1 Å². The summed E-state index contributed by atoms with van der Waals surface area (Å²) in [6.07, 6.45) is -3.68. The first-order valence-electron chi connectivity index (χ1n) is 9.63. The highest BCUT2D eigenvalue weighted by molar-refractivity contribution is 7.14. The standard InChI is InChI=1S/C21H15F4N5O3S/c1-29-15-3-4-26-13(17(15)18(32)30(2)20(29)33)8-16(31)28-19-27-14(9-34-19)10-5-11(21(23,24)25)7-12(22)6-10/h3-7,9H,8H2,1-2H3,(H,27,28,31). The van der Waals surface area contributed by atoms with E-state index in [1.807, 2.05) is 0 Å². The van der Waals surface area contributed by atoms with Gasteiger partial charge in [-0.2, -0.15) is 13.2 Å². The molecule has 0 saturated heterocycles. The van der Waals surface area contributed by atoms with Crippen LogP contribution in [-0.4, -0.2) is 25.0 Å². The van der Waals surface area contributed by atoms with Crippen LogP contribution in [0.3, 0.4) is 0 Å². The van der Waals surface area contributed by atoms with Crippen LogP contribution in [-0.2, 0) is 31.5 Å². The molecule has 0 aliphatic heterocycles. The molecule has 34 heavy (non-hydrogen) atoms. The van der Waals surface area contributed by atoms with E-state index in [4.69, 9.17) is 0 Å². The Bertz CT molecular complexity index is 1560. The molecule has 0 fully saturated rings. The number of alkyl halides is 3. The summed E-state index contributed by atoms with van der Waals surface area (Å²) < 4.78 is 54.8. The average molecular weight is 493 g/mol. The van der Waals surface area contributed by atoms with Gasteiger partial charge in [-0.3, -0.25) is 23.7 Å². The molecule has 0 saturated carbocycles. The molecule has 13 heteroatoms. The molecule has 1 amide bonds. The lowest BCUT2D eigenvalue weighted by Crippen LogP contribution is -2.37. The summed E-state index contributed by atoms with van der Waals surface area (Å²) in [5.74, 6) is -1.66. The summed E-state index contributed by atoms with van der Waals surface area (Å²) in [4.78, 5) is 45.5. The predicted octanol–water partition coefficient (Wildman–Crippen LogP) is 3.09. The smallest absolute Gasteiger partial charge is 0.302 e. The molecule has 0 unspecified atom stereocenters. The second-order valence-corrected chi connectivity index (χ2v) is 8.20. The lowest BCUT2D eigenvalue weighted by molar-refractivity contribution is -0.137. The van der Waals surface area contributed by atoms with E-state index in [9.17, 15) is 31.9 Å². The number of hydrogen-bond acceptors (Lipinski definition) is 6. The normalized spacial score (nSPS) is 11.7. The number of anilines is 1. The molecule has 0 bridgehead atoms. The van der Waals surface area contributed by atoms with Crippen LogP contribution < -0.4 is 16.6 Å². The molecule has 0 radical (unpaired) electrons. The third-order valence-corrected chi connectivity index (χ3v) is 5.82. The molecule has 1 aromatic carbocycles. The van der Waals surface area contributed by atoms with Crippen molar-refractivity contribution >= 4 is 33.3 Å². The number of amides is 1. The number of benzene rings is 1. The maximum absolute atomic E-state index is 13.7. The Labute approximate surface area is 192 Å². The van der Waals surface area contributed by atoms with Gasteiger partial charge in [0.2, 0.25) is 5.91 Å². The highest BCUT2D eigenvalue weighted by Crippen LogP contribution is 2.34. The number of carbonyl (C=O) groups is 1. The SMILES string of the molecule is Cn1c(=O)c2c(CC(=O)Nc3nc(-c4cc(F)cc(C(F)(F)F)c4)cs3)nccc2n(C)c1=O. The molecule has 4 rings (SSSR count). The molecule has 3 aromatic heterocycles. The van der Waals surface area contributed by atoms with Gasteiger partial charge in [0.05, 0.1) is 34.3 Å². The maximum atomic E-state index is 13.7. The molecular formula is C21H15F4N5O3S. The van der Waals surface area contributed by atoms with E-state index < -0.39 is 34.7 Å². The van der Waals surface area contributed by atoms with Crippen molar-refractivity contribution in [1.29, 1.82) is 0 Å². The number of thiazole rings is 1. The van der Waals surface area contributed by atoms with Gasteiger partial charge in [-0.1, -0.05) is 0 Å². The summed E-state index contributed by atoms with van der Waals surface area (Å²) in [5.41, 5.74) is -1.87. The minimum Gasteiger partial charge on any atom is -0.302 e. The number of halogens is 4. The zero-order valence-electron chi connectivity index (χ0n) is 17.6. The van der Waals surface area contributed by atoms with Crippen LogP contribution in [0.25, 0.3) is 22.2 Å². The maximum Gasteiger partial charge on any atom is 0.416 e. The van der Waals surface area contributed by atoms with Crippen molar-refractivity contribution in [2.45, 2.75) is 12.6 Å². The minimum absolute atomic E-state index is 0.0532. The zero-order chi connectivity index (χ0) is 24.8. The van der Waals surface area contributed by atoms with Crippen LogP contribution in [0.5, 0.6) is 0 Å². The number of fused-ring (bicyclic) bond motifs is 1. The lowest BCUT2D eigenvalue weighted by atomic mass is 10.1. The first-order chi connectivity index (χ1) is 16.0. The second-order valence-electron chi connectivity index (χ2n) is 7.35. The summed E-state index contributed by atoms with van der Waals surface area (Å²) in [7, 11) is 2.80. The molecule has 0 spiro atoms. The lowest BCUT2D eigenvalue weighted by Gasteiger charge is -2.10. The van der Waals surface area contributed by atoms with Crippen LogP contribution in [0.2, 0.25) is 0 Å². The monoisotopic (exact) mass is 493 g/mol. The van der Waals surface area contributed by atoms with Crippen LogP contribution in [0.1, 0.15) is 11.3 Å². The van der Waals surface area contributed by atoms with Gasteiger partial charge in [0, 0.05) is 31.2 Å². The summed E-state index contributed by atoms with van der Waals surface area (Å²) >= 11 is 0.938. The Morgan fingerprint density at radius 2 is 1.88 bits per heavy atom. The summed E-state index contributed by atoms with van der Waals surface area (Å²) in [6, 6.07) is 3.55. The first kappa shape index (κ1) is 23.3. The van der Waals surface area contributed by atoms with E-state index in [0.717, 1.165) is 28.0 Å². The molecule has 3 heterocycles. The fraction of sp³-hybridized carbons (Fsp3) is 0.190. The Hall–Kier alpha value is -3.87. The van der Waals surface area contributed by atoms with Crippen molar-refractivity contribution in [3.05, 3.63) is 73.8 Å². The van der Waals surface area contributed by atoms with E-state index >= 15 is 0 Å². The van der Waals surface area contributed by atoms with Gasteiger partial charge in [0.15, 0.2) is 5.13 Å². The van der Waals surface area contributed by atoms with E-state index in [-0.39, 0.29) is 33.9 Å². The number of aromatic nitrogens is 4. The zero-order valence-corrected chi connectivity index (χ0v) is 18.4.